The van der Waals surface area contributed by atoms with Crippen molar-refractivity contribution < 1.29 is 17.9 Å². The molecule has 0 spiro atoms. The lowest BCUT2D eigenvalue weighted by molar-refractivity contribution is -0.253. The fraction of sp³-hybridized carbons (Fsp3) is 0.125. The second-order valence-corrected chi connectivity index (χ2v) is 7.87. The van der Waals surface area contributed by atoms with Gasteiger partial charge in [0, 0.05) is 16.0 Å². The zero-order valence-corrected chi connectivity index (χ0v) is 17.1. The summed E-state index contributed by atoms with van der Waals surface area (Å²) >= 11 is 6.22. The third-order valence-electron chi connectivity index (χ3n) is 5.41. The van der Waals surface area contributed by atoms with Crippen LogP contribution in [0.25, 0.3) is 22.0 Å². The van der Waals surface area contributed by atoms with Crippen LogP contribution in [0.4, 0.5) is 13.2 Å². The first-order valence-corrected chi connectivity index (χ1v) is 9.95. The molecule has 31 heavy (non-hydrogen) atoms. The molecule has 0 saturated carbocycles. The highest BCUT2D eigenvalue weighted by molar-refractivity contribution is 6.31. The number of aromatic nitrogens is 1. The van der Waals surface area contributed by atoms with Crippen molar-refractivity contribution in [2.45, 2.75) is 18.8 Å². The summed E-state index contributed by atoms with van der Waals surface area (Å²) in [5, 5.41) is 1.16. The van der Waals surface area contributed by atoms with E-state index in [0.717, 1.165) is 11.1 Å². The largest absolute Gasteiger partial charge is 0.455 e. The Bertz CT molecular complexity index is 1310. The standard InChI is InChI=1S/C24H16ClF3N2O/c1-15-7-9-17(10-8-15)23(24(26,27)28)29-14-30-20-12-11-18(25)13-19(20)21(22(30)31-23)16-5-3-2-4-6-16/h2-14H,1H3. The van der Waals surface area contributed by atoms with Gasteiger partial charge in [0.25, 0.3) is 0 Å². The average Bonchev–Trinajstić information content (AvgIpc) is 3.06. The lowest BCUT2D eigenvalue weighted by Crippen LogP contribution is -2.48. The number of hydrogen-bond donors (Lipinski definition) is 0. The minimum Gasteiger partial charge on any atom is -0.436 e. The van der Waals surface area contributed by atoms with Gasteiger partial charge in [0.05, 0.1) is 11.1 Å². The highest BCUT2D eigenvalue weighted by Crippen LogP contribution is 2.50. The van der Waals surface area contributed by atoms with Gasteiger partial charge in [0.15, 0.2) is 0 Å². The van der Waals surface area contributed by atoms with Crippen LogP contribution in [0.3, 0.4) is 0 Å². The van der Waals surface area contributed by atoms with E-state index < -0.39 is 11.9 Å². The number of rotatable bonds is 2. The maximum Gasteiger partial charge on any atom is 0.455 e. The van der Waals surface area contributed by atoms with Gasteiger partial charge < -0.3 is 4.74 Å². The van der Waals surface area contributed by atoms with Crippen LogP contribution in [0, 0.1) is 6.92 Å². The Kier molecular flexibility index (Phi) is 4.38. The van der Waals surface area contributed by atoms with E-state index in [2.05, 4.69) is 4.99 Å². The van der Waals surface area contributed by atoms with E-state index in [0.29, 0.717) is 21.5 Å². The Hall–Kier alpha value is -3.25. The molecule has 156 valence electrons. The minimum absolute atomic E-state index is 0.0661. The fourth-order valence-corrected chi connectivity index (χ4v) is 4.05. The van der Waals surface area contributed by atoms with E-state index in [9.17, 15) is 13.2 Å². The average molecular weight is 441 g/mol. The number of halogens is 4. The Morgan fingerprint density at radius 1 is 0.968 bits per heavy atom. The summed E-state index contributed by atoms with van der Waals surface area (Å²) in [5.41, 5.74) is -0.186. The third-order valence-corrected chi connectivity index (χ3v) is 5.64. The molecule has 0 saturated heterocycles. The molecular weight excluding hydrogens is 425 g/mol. The molecule has 3 nitrogen and oxygen atoms in total. The molecule has 1 aromatic heterocycles. The van der Waals surface area contributed by atoms with E-state index in [1.165, 1.54) is 23.0 Å². The van der Waals surface area contributed by atoms with Crippen molar-refractivity contribution in [2.24, 2.45) is 4.99 Å². The predicted octanol–water partition coefficient (Wildman–Crippen LogP) is 6.95. The lowest BCUT2D eigenvalue weighted by atomic mass is 10.00. The van der Waals surface area contributed by atoms with Gasteiger partial charge in [-0.15, -0.1) is 0 Å². The van der Waals surface area contributed by atoms with Gasteiger partial charge in [0.1, 0.15) is 6.34 Å². The summed E-state index contributed by atoms with van der Waals surface area (Å²) in [5.74, 6) is 0.0661. The monoisotopic (exact) mass is 440 g/mol. The maximum atomic E-state index is 14.5. The quantitative estimate of drug-likeness (QED) is 0.331. The molecule has 0 fully saturated rings. The first-order valence-electron chi connectivity index (χ1n) is 9.57. The smallest absolute Gasteiger partial charge is 0.436 e. The van der Waals surface area contributed by atoms with Gasteiger partial charge in [-0.2, -0.15) is 13.2 Å². The molecule has 0 radical (unpaired) electrons. The SMILES string of the molecule is Cc1ccc(C2(C(F)(F)F)N=Cn3c(c(-c4ccccc4)c4cc(Cl)ccc43)O2)cc1. The van der Waals surface area contributed by atoms with Gasteiger partial charge in [0.2, 0.25) is 5.88 Å². The van der Waals surface area contributed by atoms with Crippen molar-refractivity contribution in [2.75, 3.05) is 0 Å². The molecule has 3 aromatic carbocycles. The van der Waals surface area contributed by atoms with E-state index in [4.69, 9.17) is 16.3 Å². The summed E-state index contributed by atoms with van der Waals surface area (Å²) in [6.07, 6.45) is -3.60. The Balaban J connectivity index is 1.81. The number of aliphatic imine (C=N–C) groups is 1. The molecule has 1 aliphatic heterocycles. The molecule has 0 N–H and O–H groups in total. The van der Waals surface area contributed by atoms with Gasteiger partial charge >= 0.3 is 11.9 Å². The Morgan fingerprint density at radius 3 is 2.35 bits per heavy atom. The first kappa shape index (κ1) is 19.7. The molecule has 1 unspecified atom stereocenters. The number of nitrogens with zero attached hydrogens (tertiary/aromatic N) is 2. The van der Waals surface area contributed by atoms with Gasteiger partial charge in [-0.05, 0) is 30.7 Å². The van der Waals surface area contributed by atoms with Crippen LogP contribution in [0.1, 0.15) is 11.1 Å². The third kappa shape index (κ3) is 3.01. The number of ether oxygens (including phenoxy) is 1. The summed E-state index contributed by atoms with van der Waals surface area (Å²) in [7, 11) is 0. The van der Waals surface area contributed by atoms with Gasteiger partial charge in [-0.1, -0.05) is 71.8 Å². The van der Waals surface area contributed by atoms with E-state index >= 15 is 0 Å². The first-order chi connectivity index (χ1) is 14.8. The number of fused-ring (bicyclic) bond motifs is 3. The number of aryl methyl sites for hydroxylation is 1. The van der Waals surface area contributed by atoms with Crippen molar-refractivity contribution in [3.63, 3.8) is 0 Å². The topological polar surface area (TPSA) is 26.5 Å². The second kappa shape index (κ2) is 6.89. The van der Waals surface area contributed by atoms with Crippen LogP contribution in [-0.2, 0) is 5.72 Å². The molecule has 1 atom stereocenters. The van der Waals surface area contributed by atoms with Crippen LogP contribution in [0.15, 0.2) is 77.8 Å². The van der Waals surface area contributed by atoms with Crippen LogP contribution >= 0.6 is 11.6 Å². The normalized spacial score (nSPS) is 18.1. The Morgan fingerprint density at radius 2 is 1.68 bits per heavy atom. The molecule has 5 rings (SSSR count). The van der Waals surface area contributed by atoms with Crippen LogP contribution in [0.2, 0.25) is 5.02 Å². The number of hydrogen-bond acceptors (Lipinski definition) is 2. The summed E-state index contributed by atoms with van der Waals surface area (Å²) < 4.78 is 50.7. The summed E-state index contributed by atoms with van der Waals surface area (Å²) in [6.45, 7) is 1.81. The molecular formula is C24H16ClF3N2O. The van der Waals surface area contributed by atoms with Crippen LogP contribution < -0.4 is 4.74 Å². The molecule has 0 amide bonds. The van der Waals surface area contributed by atoms with Crippen LogP contribution in [-0.4, -0.2) is 17.1 Å². The molecule has 7 heteroatoms. The Labute approximate surface area is 181 Å². The molecule has 4 aromatic rings. The molecule has 2 heterocycles. The van der Waals surface area contributed by atoms with Crippen molar-refractivity contribution in [3.8, 4) is 17.0 Å². The maximum absolute atomic E-state index is 14.5. The molecule has 1 aliphatic rings. The number of alkyl halides is 3. The van der Waals surface area contributed by atoms with Crippen molar-refractivity contribution in [3.05, 3.63) is 88.9 Å². The zero-order valence-electron chi connectivity index (χ0n) is 16.3. The molecule has 0 aliphatic carbocycles. The van der Waals surface area contributed by atoms with Crippen LogP contribution in [0.5, 0.6) is 5.88 Å². The van der Waals surface area contributed by atoms with Crippen molar-refractivity contribution in [1.82, 2.24) is 4.57 Å². The van der Waals surface area contributed by atoms with E-state index in [1.807, 2.05) is 37.3 Å². The summed E-state index contributed by atoms with van der Waals surface area (Å²) in [6, 6.07) is 20.3. The summed E-state index contributed by atoms with van der Waals surface area (Å²) in [4.78, 5) is 3.91. The number of benzene rings is 3. The highest BCUT2D eigenvalue weighted by Gasteiger charge is 2.61. The predicted molar refractivity (Wildman–Crippen MR) is 116 cm³/mol. The molecule has 0 bridgehead atoms. The minimum atomic E-state index is -4.79. The second-order valence-electron chi connectivity index (χ2n) is 7.43. The van der Waals surface area contributed by atoms with E-state index in [-0.39, 0.29) is 11.4 Å². The van der Waals surface area contributed by atoms with Gasteiger partial charge in [-0.25, -0.2) is 4.99 Å². The van der Waals surface area contributed by atoms with Gasteiger partial charge in [-0.3, -0.25) is 4.57 Å². The lowest BCUT2D eigenvalue weighted by Gasteiger charge is -2.35. The van der Waals surface area contributed by atoms with E-state index in [1.54, 1.807) is 30.3 Å². The van der Waals surface area contributed by atoms with Crippen molar-refractivity contribution in [1.29, 1.82) is 0 Å². The fourth-order valence-electron chi connectivity index (χ4n) is 3.88. The zero-order chi connectivity index (χ0) is 21.8. The highest BCUT2D eigenvalue weighted by atomic mass is 35.5. The van der Waals surface area contributed by atoms with Crippen molar-refractivity contribution >= 4 is 28.8 Å².